The van der Waals surface area contributed by atoms with Gasteiger partial charge in [0.15, 0.2) is 5.96 Å². The molecule has 0 aliphatic heterocycles. The summed E-state index contributed by atoms with van der Waals surface area (Å²) in [5.41, 5.74) is 1.20. The SMILES string of the molecule is CCCCCC(C)(C)CNC(=NC)NCC(=O)N(C)CCc1ccccn1.I. The molecule has 0 unspecified atom stereocenters. The first kappa shape index (κ1) is 26.6. The number of nitrogens with one attached hydrogen (secondary N) is 2. The Labute approximate surface area is 188 Å². The molecule has 1 heterocycles. The lowest BCUT2D eigenvalue weighted by molar-refractivity contribution is -0.128. The molecule has 7 heteroatoms. The summed E-state index contributed by atoms with van der Waals surface area (Å²) >= 11 is 0. The van der Waals surface area contributed by atoms with Crippen LogP contribution in [0.5, 0.6) is 0 Å². The quantitative estimate of drug-likeness (QED) is 0.210. The van der Waals surface area contributed by atoms with E-state index in [0.717, 1.165) is 18.7 Å². The van der Waals surface area contributed by atoms with Crippen molar-refractivity contribution in [2.75, 3.05) is 33.7 Å². The van der Waals surface area contributed by atoms with Gasteiger partial charge in [-0.1, -0.05) is 46.1 Å². The molecule has 1 aromatic heterocycles. The van der Waals surface area contributed by atoms with Crippen molar-refractivity contribution >= 4 is 35.8 Å². The number of aromatic nitrogens is 1. The molecule has 1 amide bonds. The van der Waals surface area contributed by atoms with Gasteiger partial charge in [0.05, 0.1) is 6.54 Å². The first-order valence-corrected chi connectivity index (χ1v) is 9.96. The summed E-state index contributed by atoms with van der Waals surface area (Å²) in [5, 5.41) is 6.47. The van der Waals surface area contributed by atoms with E-state index in [1.54, 1.807) is 18.1 Å². The highest BCUT2D eigenvalue weighted by molar-refractivity contribution is 14.0. The van der Waals surface area contributed by atoms with E-state index in [2.05, 4.69) is 41.4 Å². The molecular weight excluding hydrogens is 465 g/mol. The zero-order chi connectivity index (χ0) is 20.1. The number of carbonyl (C=O) groups excluding carboxylic acids is 1. The zero-order valence-corrected chi connectivity index (χ0v) is 20.5. The lowest BCUT2D eigenvalue weighted by Gasteiger charge is -2.26. The van der Waals surface area contributed by atoms with Gasteiger partial charge in [-0.15, -0.1) is 24.0 Å². The summed E-state index contributed by atoms with van der Waals surface area (Å²) in [6, 6.07) is 5.84. The number of amides is 1. The number of rotatable bonds is 11. The molecular formula is C21H38IN5O. The Morgan fingerprint density at radius 2 is 2.00 bits per heavy atom. The maximum absolute atomic E-state index is 12.3. The van der Waals surface area contributed by atoms with E-state index in [4.69, 9.17) is 0 Å². The summed E-state index contributed by atoms with van der Waals surface area (Å²) in [7, 11) is 3.55. The number of halogens is 1. The average molecular weight is 503 g/mol. The number of aliphatic imine (C=N–C) groups is 1. The van der Waals surface area contributed by atoms with Gasteiger partial charge in [-0.25, -0.2) is 0 Å². The van der Waals surface area contributed by atoms with Gasteiger partial charge in [-0.2, -0.15) is 0 Å². The Morgan fingerprint density at radius 1 is 1.25 bits per heavy atom. The second-order valence-electron chi connectivity index (χ2n) is 7.79. The molecule has 0 aliphatic carbocycles. The first-order chi connectivity index (χ1) is 12.9. The topological polar surface area (TPSA) is 69.6 Å². The van der Waals surface area contributed by atoms with Crippen LogP contribution < -0.4 is 10.6 Å². The maximum Gasteiger partial charge on any atom is 0.241 e. The van der Waals surface area contributed by atoms with Crippen LogP contribution in [0, 0.1) is 5.41 Å². The van der Waals surface area contributed by atoms with Gasteiger partial charge >= 0.3 is 0 Å². The summed E-state index contributed by atoms with van der Waals surface area (Å²) in [5.74, 6) is 0.709. The van der Waals surface area contributed by atoms with Crippen molar-refractivity contribution in [2.45, 2.75) is 52.9 Å². The number of guanidine groups is 1. The van der Waals surface area contributed by atoms with Crippen LogP contribution in [-0.4, -0.2) is 55.5 Å². The molecule has 0 bridgehead atoms. The summed E-state index contributed by atoms with van der Waals surface area (Å²) in [6.07, 6.45) is 7.47. The second kappa shape index (κ2) is 14.6. The van der Waals surface area contributed by atoms with Crippen molar-refractivity contribution in [1.29, 1.82) is 0 Å². The van der Waals surface area contributed by atoms with Crippen molar-refractivity contribution in [3.05, 3.63) is 30.1 Å². The number of unbranched alkanes of at least 4 members (excludes halogenated alkanes) is 2. The maximum atomic E-state index is 12.3. The fourth-order valence-corrected chi connectivity index (χ4v) is 2.73. The normalized spacial score (nSPS) is 11.5. The van der Waals surface area contributed by atoms with Crippen molar-refractivity contribution in [2.24, 2.45) is 10.4 Å². The molecule has 1 rings (SSSR count). The van der Waals surface area contributed by atoms with Crippen LogP contribution in [0.4, 0.5) is 0 Å². The molecule has 1 aromatic rings. The molecule has 0 aromatic carbocycles. The lowest BCUT2D eigenvalue weighted by Crippen LogP contribution is -2.46. The molecule has 6 nitrogen and oxygen atoms in total. The first-order valence-electron chi connectivity index (χ1n) is 9.96. The average Bonchev–Trinajstić information content (AvgIpc) is 2.66. The largest absolute Gasteiger partial charge is 0.356 e. The van der Waals surface area contributed by atoms with Crippen LogP contribution in [0.15, 0.2) is 29.4 Å². The third-order valence-corrected chi connectivity index (χ3v) is 4.68. The number of hydrogen-bond acceptors (Lipinski definition) is 3. The minimum Gasteiger partial charge on any atom is -0.356 e. The summed E-state index contributed by atoms with van der Waals surface area (Å²) < 4.78 is 0. The Hall–Kier alpha value is -1.38. The van der Waals surface area contributed by atoms with Gasteiger partial charge < -0.3 is 15.5 Å². The monoisotopic (exact) mass is 503 g/mol. The van der Waals surface area contributed by atoms with E-state index < -0.39 is 0 Å². The molecule has 28 heavy (non-hydrogen) atoms. The van der Waals surface area contributed by atoms with Crippen LogP contribution in [0.1, 0.15) is 52.1 Å². The van der Waals surface area contributed by atoms with Crippen molar-refractivity contribution in [1.82, 2.24) is 20.5 Å². The van der Waals surface area contributed by atoms with Gasteiger partial charge in [-0.05, 0) is 24.0 Å². The number of likely N-dealkylation sites (N-methyl/N-ethyl adjacent to an activating group) is 1. The van der Waals surface area contributed by atoms with E-state index in [1.807, 2.05) is 25.2 Å². The summed E-state index contributed by atoms with van der Waals surface area (Å²) in [4.78, 5) is 22.6. The van der Waals surface area contributed by atoms with Crippen molar-refractivity contribution in [3.8, 4) is 0 Å². The van der Waals surface area contributed by atoms with Crippen LogP contribution >= 0.6 is 24.0 Å². The van der Waals surface area contributed by atoms with Crippen molar-refractivity contribution in [3.63, 3.8) is 0 Å². The van der Waals surface area contributed by atoms with Crippen LogP contribution in [-0.2, 0) is 11.2 Å². The van der Waals surface area contributed by atoms with Gasteiger partial charge in [0, 0.05) is 45.5 Å². The highest BCUT2D eigenvalue weighted by Gasteiger charge is 2.18. The molecule has 0 saturated heterocycles. The minimum absolute atomic E-state index is 0. The Bertz CT molecular complexity index is 577. The van der Waals surface area contributed by atoms with Gasteiger partial charge in [0.1, 0.15) is 0 Å². The standard InChI is InChI=1S/C21H37N5O.HI/c1-6-7-9-13-21(2,3)17-25-20(22-4)24-16-19(27)26(5)15-12-18-11-8-10-14-23-18;/h8,10-11,14H,6-7,9,12-13,15-17H2,1-5H3,(H2,22,24,25);1H. The molecule has 2 N–H and O–H groups in total. The molecule has 0 saturated carbocycles. The number of carbonyl (C=O) groups is 1. The second-order valence-corrected chi connectivity index (χ2v) is 7.79. The van der Waals surface area contributed by atoms with Gasteiger partial charge in [-0.3, -0.25) is 14.8 Å². The summed E-state index contributed by atoms with van der Waals surface area (Å²) in [6.45, 7) is 8.46. The van der Waals surface area contributed by atoms with Crippen LogP contribution in [0.25, 0.3) is 0 Å². The lowest BCUT2D eigenvalue weighted by atomic mass is 9.87. The number of nitrogens with zero attached hydrogens (tertiary/aromatic N) is 3. The Morgan fingerprint density at radius 3 is 2.61 bits per heavy atom. The molecule has 0 radical (unpaired) electrons. The highest BCUT2D eigenvalue weighted by Crippen LogP contribution is 2.22. The minimum atomic E-state index is 0. The van der Waals surface area contributed by atoms with E-state index >= 15 is 0 Å². The number of pyridine rings is 1. The predicted molar refractivity (Wildman–Crippen MR) is 128 cm³/mol. The predicted octanol–water partition coefficient (Wildman–Crippen LogP) is 3.47. The van der Waals surface area contributed by atoms with Crippen molar-refractivity contribution < 1.29 is 4.79 Å². The van der Waals surface area contributed by atoms with Crippen LogP contribution in [0.2, 0.25) is 0 Å². The molecule has 0 aliphatic rings. The third-order valence-electron chi connectivity index (χ3n) is 4.68. The van der Waals surface area contributed by atoms with E-state index in [-0.39, 0.29) is 41.8 Å². The smallest absolute Gasteiger partial charge is 0.241 e. The fraction of sp³-hybridized carbons (Fsp3) is 0.667. The van der Waals surface area contributed by atoms with Gasteiger partial charge in [0.25, 0.3) is 0 Å². The highest BCUT2D eigenvalue weighted by atomic mass is 127. The van der Waals surface area contributed by atoms with Gasteiger partial charge in [0.2, 0.25) is 5.91 Å². The Kier molecular flexibility index (Phi) is 13.9. The molecule has 160 valence electrons. The van der Waals surface area contributed by atoms with E-state index in [0.29, 0.717) is 12.5 Å². The van der Waals surface area contributed by atoms with Crippen LogP contribution in [0.3, 0.4) is 0 Å². The molecule has 0 fully saturated rings. The fourth-order valence-electron chi connectivity index (χ4n) is 2.73. The molecule has 0 atom stereocenters. The molecule has 0 spiro atoms. The van der Waals surface area contributed by atoms with E-state index in [9.17, 15) is 4.79 Å². The number of hydrogen-bond donors (Lipinski definition) is 2. The third kappa shape index (κ3) is 11.5. The zero-order valence-electron chi connectivity index (χ0n) is 18.1. The Balaban J connectivity index is 0.00000729. The van der Waals surface area contributed by atoms with E-state index in [1.165, 1.54) is 25.7 Å².